The Kier molecular flexibility index (Phi) is 1.64. The van der Waals surface area contributed by atoms with Crippen LogP contribution >= 0.6 is 11.6 Å². The number of fused-ring (bicyclic) bond motifs is 1. The van der Waals surface area contributed by atoms with Gasteiger partial charge >= 0.3 is 0 Å². The molecule has 1 aromatic carbocycles. The molecule has 0 aliphatic heterocycles. The van der Waals surface area contributed by atoms with Crippen molar-refractivity contribution in [1.29, 1.82) is 5.26 Å². The minimum Gasteiger partial charge on any atom is -0.503 e. The molecule has 2 aromatic rings. The van der Waals surface area contributed by atoms with Gasteiger partial charge in [0.2, 0.25) is 5.76 Å². The summed E-state index contributed by atoms with van der Waals surface area (Å²) in [5.74, 6) is -0.216. The lowest BCUT2D eigenvalue weighted by Crippen LogP contribution is -1.65. The summed E-state index contributed by atoms with van der Waals surface area (Å²) in [6, 6.07) is 6.53. The molecule has 0 unspecified atom stereocenters. The number of furan rings is 1. The second kappa shape index (κ2) is 2.68. The molecule has 1 N–H and O–H groups in total. The predicted octanol–water partition coefficient (Wildman–Crippen LogP) is 2.66. The summed E-state index contributed by atoms with van der Waals surface area (Å²) in [6.07, 6.45) is 0. The van der Waals surface area contributed by atoms with Gasteiger partial charge < -0.3 is 9.52 Å². The van der Waals surface area contributed by atoms with Crippen LogP contribution in [0.1, 0.15) is 5.76 Å². The van der Waals surface area contributed by atoms with Crippen molar-refractivity contribution in [2.24, 2.45) is 0 Å². The Morgan fingerprint density at radius 3 is 2.92 bits per heavy atom. The monoisotopic (exact) mass is 193 g/mol. The van der Waals surface area contributed by atoms with Crippen LogP contribution in [0.15, 0.2) is 22.6 Å². The van der Waals surface area contributed by atoms with Crippen LogP contribution in [-0.2, 0) is 0 Å². The molecule has 0 amide bonds. The first kappa shape index (κ1) is 7.96. The zero-order valence-electron chi connectivity index (χ0n) is 6.41. The van der Waals surface area contributed by atoms with Gasteiger partial charge in [0.25, 0.3) is 0 Å². The Morgan fingerprint density at radius 1 is 1.46 bits per heavy atom. The van der Waals surface area contributed by atoms with E-state index in [1.807, 2.05) is 0 Å². The third kappa shape index (κ3) is 1.12. The van der Waals surface area contributed by atoms with E-state index in [2.05, 4.69) is 0 Å². The van der Waals surface area contributed by atoms with Crippen molar-refractivity contribution in [3.63, 3.8) is 0 Å². The third-order valence-corrected chi connectivity index (χ3v) is 1.96. The highest BCUT2D eigenvalue weighted by Crippen LogP contribution is 2.32. The maximum Gasteiger partial charge on any atom is 0.246 e. The number of hydrogen-bond acceptors (Lipinski definition) is 3. The Morgan fingerprint density at radius 2 is 2.23 bits per heavy atom. The van der Waals surface area contributed by atoms with Crippen LogP contribution < -0.4 is 0 Å². The smallest absolute Gasteiger partial charge is 0.246 e. The van der Waals surface area contributed by atoms with Crippen molar-refractivity contribution in [2.45, 2.75) is 0 Å². The van der Waals surface area contributed by atoms with Crippen LogP contribution in [0.3, 0.4) is 0 Å². The largest absolute Gasteiger partial charge is 0.503 e. The third-order valence-electron chi connectivity index (χ3n) is 1.73. The van der Waals surface area contributed by atoms with Crippen LogP contribution in [0.25, 0.3) is 11.0 Å². The predicted molar refractivity (Wildman–Crippen MR) is 47.6 cm³/mol. The van der Waals surface area contributed by atoms with Gasteiger partial charge in [-0.3, -0.25) is 0 Å². The van der Waals surface area contributed by atoms with Gasteiger partial charge in [0.15, 0.2) is 5.75 Å². The Hall–Kier alpha value is -1.66. The van der Waals surface area contributed by atoms with Crippen molar-refractivity contribution < 1.29 is 9.52 Å². The van der Waals surface area contributed by atoms with Gasteiger partial charge in [-0.15, -0.1) is 0 Å². The number of nitriles is 1. The summed E-state index contributed by atoms with van der Waals surface area (Å²) in [5, 5.41) is 19.0. The van der Waals surface area contributed by atoms with E-state index in [1.54, 1.807) is 24.3 Å². The summed E-state index contributed by atoms with van der Waals surface area (Å²) in [4.78, 5) is 0. The molecular formula is C9H4ClNO2. The zero-order chi connectivity index (χ0) is 9.42. The number of rotatable bonds is 0. The summed E-state index contributed by atoms with van der Waals surface area (Å²) < 4.78 is 5.03. The lowest BCUT2D eigenvalue weighted by atomic mass is 10.2. The van der Waals surface area contributed by atoms with Crippen LogP contribution in [-0.4, -0.2) is 5.11 Å². The summed E-state index contributed by atoms with van der Waals surface area (Å²) in [7, 11) is 0. The van der Waals surface area contributed by atoms with E-state index >= 15 is 0 Å². The molecule has 0 saturated heterocycles. The van der Waals surface area contributed by atoms with E-state index in [4.69, 9.17) is 21.3 Å². The van der Waals surface area contributed by atoms with Gasteiger partial charge in [-0.05, 0) is 12.1 Å². The zero-order valence-corrected chi connectivity index (χ0v) is 7.17. The highest BCUT2D eigenvalue weighted by Gasteiger charge is 2.12. The van der Waals surface area contributed by atoms with Gasteiger partial charge in [-0.1, -0.05) is 11.6 Å². The molecule has 3 nitrogen and oxygen atoms in total. The molecule has 0 saturated carbocycles. The molecule has 0 aliphatic carbocycles. The fourth-order valence-corrected chi connectivity index (χ4v) is 1.29. The molecule has 0 fully saturated rings. The van der Waals surface area contributed by atoms with Crippen molar-refractivity contribution in [1.82, 2.24) is 0 Å². The van der Waals surface area contributed by atoms with Crippen molar-refractivity contribution in [2.75, 3.05) is 0 Å². The van der Waals surface area contributed by atoms with E-state index in [9.17, 15) is 5.11 Å². The Balaban J connectivity index is 2.86. The highest BCUT2D eigenvalue weighted by atomic mass is 35.5. The van der Waals surface area contributed by atoms with Gasteiger partial charge in [0.05, 0.1) is 5.39 Å². The first-order valence-electron chi connectivity index (χ1n) is 3.53. The lowest BCUT2D eigenvalue weighted by molar-refractivity contribution is 0.459. The van der Waals surface area contributed by atoms with Gasteiger partial charge in [0, 0.05) is 11.1 Å². The molecule has 0 radical (unpaired) electrons. The molecule has 64 valence electrons. The van der Waals surface area contributed by atoms with E-state index in [1.165, 1.54) is 0 Å². The minimum absolute atomic E-state index is 0.0859. The maximum absolute atomic E-state index is 9.42. The SMILES string of the molecule is N#Cc1oc2cc(Cl)ccc2c1O. The normalized spacial score (nSPS) is 10.2. The molecule has 4 heteroatoms. The van der Waals surface area contributed by atoms with Crippen LogP contribution in [0.4, 0.5) is 0 Å². The second-order valence-corrected chi connectivity index (χ2v) is 2.97. The summed E-state index contributed by atoms with van der Waals surface area (Å²) >= 11 is 5.70. The van der Waals surface area contributed by atoms with E-state index in [-0.39, 0.29) is 11.5 Å². The van der Waals surface area contributed by atoms with E-state index < -0.39 is 0 Å². The average Bonchev–Trinajstić information content (AvgIpc) is 2.42. The standard InChI is InChI=1S/C9H4ClNO2/c10-5-1-2-6-7(3-5)13-8(4-11)9(6)12/h1-3,12H. The fraction of sp³-hybridized carbons (Fsp3) is 0. The Bertz CT molecular complexity index is 510. The number of hydrogen-bond donors (Lipinski definition) is 1. The van der Waals surface area contributed by atoms with Gasteiger partial charge in [0.1, 0.15) is 11.7 Å². The van der Waals surface area contributed by atoms with Crippen molar-refractivity contribution in [3.8, 4) is 11.8 Å². The maximum atomic E-state index is 9.42. The topological polar surface area (TPSA) is 57.2 Å². The number of halogens is 1. The molecule has 0 atom stereocenters. The fourth-order valence-electron chi connectivity index (χ4n) is 1.13. The van der Waals surface area contributed by atoms with Crippen LogP contribution in [0.5, 0.6) is 5.75 Å². The first-order chi connectivity index (χ1) is 6.22. The molecule has 1 aromatic heterocycles. The quantitative estimate of drug-likeness (QED) is 0.700. The van der Waals surface area contributed by atoms with E-state index in [0.29, 0.717) is 16.0 Å². The van der Waals surface area contributed by atoms with Crippen molar-refractivity contribution in [3.05, 3.63) is 29.0 Å². The van der Waals surface area contributed by atoms with Crippen LogP contribution in [0.2, 0.25) is 5.02 Å². The van der Waals surface area contributed by atoms with Gasteiger partial charge in [-0.25, -0.2) is 0 Å². The lowest BCUT2D eigenvalue weighted by Gasteiger charge is -1.88. The number of nitrogens with zero attached hydrogens (tertiary/aromatic N) is 1. The number of aromatic hydroxyl groups is 1. The number of benzene rings is 1. The van der Waals surface area contributed by atoms with Crippen molar-refractivity contribution >= 4 is 22.6 Å². The summed E-state index contributed by atoms with van der Waals surface area (Å²) in [5.41, 5.74) is 0.418. The molecule has 0 aliphatic rings. The van der Waals surface area contributed by atoms with E-state index in [0.717, 1.165) is 0 Å². The average molecular weight is 194 g/mol. The van der Waals surface area contributed by atoms with Crippen LogP contribution in [0, 0.1) is 11.3 Å². The molecule has 2 rings (SSSR count). The minimum atomic E-state index is -0.130. The van der Waals surface area contributed by atoms with Gasteiger partial charge in [-0.2, -0.15) is 5.26 Å². The molecule has 13 heavy (non-hydrogen) atoms. The molecule has 0 bridgehead atoms. The Labute approximate surface area is 78.8 Å². The molecular weight excluding hydrogens is 190 g/mol. The highest BCUT2D eigenvalue weighted by molar-refractivity contribution is 6.31. The second-order valence-electron chi connectivity index (χ2n) is 2.53. The summed E-state index contributed by atoms with van der Waals surface area (Å²) in [6.45, 7) is 0. The molecule has 0 spiro atoms. The molecule has 1 heterocycles. The first-order valence-corrected chi connectivity index (χ1v) is 3.91.